The molecule has 0 radical (unpaired) electrons. The summed E-state index contributed by atoms with van der Waals surface area (Å²) in [7, 11) is 0. The van der Waals surface area contributed by atoms with Crippen LogP contribution in [0.3, 0.4) is 0 Å². The van der Waals surface area contributed by atoms with Crippen molar-refractivity contribution in [2.45, 2.75) is 6.61 Å². The Balaban J connectivity index is 1.95. The van der Waals surface area contributed by atoms with Crippen LogP contribution in [0.4, 0.5) is 9.18 Å². The summed E-state index contributed by atoms with van der Waals surface area (Å²) in [4.78, 5) is 10.5. The number of hydrazone groups is 1. The van der Waals surface area contributed by atoms with Crippen LogP contribution < -0.4 is 15.9 Å². The minimum Gasteiger partial charge on any atom is -0.489 e. The highest BCUT2D eigenvalue weighted by Crippen LogP contribution is 2.20. The monoisotopic (exact) mass is 365 g/mol. The molecule has 2 amide bonds. The van der Waals surface area contributed by atoms with Crippen LogP contribution >= 0.6 is 15.9 Å². The molecule has 2 aromatic rings. The van der Waals surface area contributed by atoms with E-state index in [1.54, 1.807) is 30.3 Å². The summed E-state index contributed by atoms with van der Waals surface area (Å²) >= 11 is 3.35. The molecule has 2 rings (SSSR count). The number of hydrogen-bond donors (Lipinski definition) is 2. The lowest BCUT2D eigenvalue weighted by atomic mass is 10.2. The van der Waals surface area contributed by atoms with E-state index in [1.807, 2.05) is 0 Å². The lowest BCUT2D eigenvalue weighted by Gasteiger charge is -2.08. The summed E-state index contributed by atoms with van der Waals surface area (Å²) in [5.41, 5.74) is 8.48. The first kappa shape index (κ1) is 16.0. The predicted molar refractivity (Wildman–Crippen MR) is 85.2 cm³/mol. The van der Waals surface area contributed by atoms with Crippen LogP contribution in [0.25, 0.3) is 0 Å². The second kappa shape index (κ2) is 7.56. The van der Waals surface area contributed by atoms with Gasteiger partial charge in [-0.3, -0.25) is 0 Å². The summed E-state index contributed by atoms with van der Waals surface area (Å²) in [6.45, 7) is 0.245. The average molecular weight is 366 g/mol. The molecule has 0 saturated heterocycles. The minimum atomic E-state index is -0.725. The Morgan fingerprint density at radius 2 is 2.05 bits per heavy atom. The molecule has 3 N–H and O–H groups in total. The first-order valence-electron chi connectivity index (χ1n) is 6.30. The highest BCUT2D eigenvalue weighted by atomic mass is 79.9. The Morgan fingerprint density at radius 1 is 1.32 bits per heavy atom. The van der Waals surface area contributed by atoms with E-state index in [0.717, 1.165) is 15.6 Å². The molecule has 0 saturated carbocycles. The van der Waals surface area contributed by atoms with E-state index >= 15 is 0 Å². The van der Waals surface area contributed by atoms with Crippen molar-refractivity contribution in [2.24, 2.45) is 10.8 Å². The molecule has 0 aliphatic rings. The van der Waals surface area contributed by atoms with Gasteiger partial charge in [0.05, 0.1) is 6.21 Å². The van der Waals surface area contributed by atoms with Gasteiger partial charge in [0.25, 0.3) is 0 Å². The van der Waals surface area contributed by atoms with Gasteiger partial charge in [0.2, 0.25) is 0 Å². The summed E-state index contributed by atoms with van der Waals surface area (Å²) in [5, 5.41) is 3.65. The average Bonchev–Trinajstić information content (AvgIpc) is 2.49. The molecule has 0 aliphatic carbocycles. The topological polar surface area (TPSA) is 76.7 Å². The molecule has 0 atom stereocenters. The third-order valence-electron chi connectivity index (χ3n) is 2.67. The van der Waals surface area contributed by atoms with Gasteiger partial charge in [-0.25, -0.2) is 14.6 Å². The quantitative estimate of drug-likeness (QED) is 0.630. The van der Waals surface area contributed by atoms with Gasteiger partial charge < -0.3 is 10.5 Å². The maximum atomic E-state index is 13.2. The molecule has 0 spiro atoms. The van der Waals surface area contributed by atoms with Gasteiger partial charge in [-0.1, -0.05) is 15.9 Å². The van der Waals surface area contributed by atoms with Crippen LogP contribution in [0.1, 0.15) is 11.1 Å². The third kappa shape index (κ3) is 4.85. The van der Waals surface area contributed by atoms with E-state index < -0.39 is 6.03 Å². The molecule has 0 unspecified atom stereocenters. The fourth-order valence-corrected chi connectivity index (χ4v) is 2.00. The lowest BCUT2D eigenvalue weighted by Crippen LogP contribution is -2.24. The third-order valence-corrected chi connectivity index (χ3v) is 3.44. The largest absolute Gasteiger partial charge is 0.489 e. The number of ether oxygens (including phenoxy) is 1. The summed E-state index contributed by atoms with van der Waals surface area (Å²) in [6.07, 6.45) is 1.46. The number of halogens is 2. The second-order valence-corrected chi connectivity index (χ2v) is 5.18. The number of hydrogen-bond acceptors (Lipinski definition) is 3. The standard InChI is InChI=1S/C15H13BrFN3O2/c16-14-6-3-12(17)7-11(14)9-22-13-4-1-10(2-5-13)8-19-20-15(18)21/h1-8H,9H2,(H3,18,20,21). The van der Waals surface area contributed by atoms with E-state index in [9.17, 15) is 9.18 Å². The Kier molecular flexibility index (Phi) is 5.48. The van der Waals surface area contributed by atoms with Crippen molar-refractivity contribution in [1.29, 1.82) is 0 Å². The predicted octanol–water partition coefficient (Wildman–Crippen LogP) is 3.17. The molecule has 114 valence electrons. The molecule has 0 bridgehead atoms. The molecular weight excluding hydrogens is 353 g/mol. The number of urea groups is 1. The molecule has 0 aliphatic heterocycles. The number of carbonyl (C=O) groups excluding carboxylic acids is 1. The maximum Gasteiger partial charge on any atom is 0.332 e. The van der Waals surface area contributed by atoms with Gasteiger partial charge in [0, 0.05) is 10.0 Å². The first-order valence-corrected chi connectivity index (χ1v) is 7.09. The van der Waals surface area contributed by atoms with Crippen LogP contribution in [0, 0.1) is 5.82 Å². The normalized spacial score (nSPS) is 10.6. The molecule has 7 heteroatoms. The SMILES string of the molecule is NC(=O)NN=Cc1ccc(OCc2cc(F)ccc2Br)cc1. The zero-order valence-electron chi connectivity index (χ0n) is 11.4. The number of nitrogens with two attached hydrogens (primary N) is 1. The van der Waals surface area contributed by atoms with Crippen LogP contribution in [0.2, 0.25) is 0 Å². The van der Waals surface area contributed by atoms with Gasteiger partial charge in [0.15, 0.2) is 0 Å². The van der Waals surface area contributed by atoms with Crippen molar-refractivity contribution >= 4 is 28.2 Å². The van der Waals surface area contributed by atoms with Gasteiger partial charge in [-0.05, 0) is 48.0 Å². The van der Waals surface area contributed by atoms with Crippen LogP contribution in [-0.4, -0.2) is 12.2 Å². The number of nitrogens with one attached hydrogen (secondary N) is 1. The summed E-state index contributed by atoms with van der Waals surface area (Å²) < 4.78 is 19.6. The van der Waals surface area contributed by atoms with Crippen molar-refractivity contribution in [3.8, 4) is 5.75 Å². The highest BCUT2D eigenvalue weighted by molar-refractivity contribution is 9.10. The zero-order valence-corrected chi connectivity index (χ0v) is 13.0. The van der Waals surface area contributed by atoms with E-state index in [-0.39, 0.29) is 12.4 Å². The molecule has 5 nitrogen and oxygen atoms in total. The van der Waals surface area contributed by atoms with E-state index in [2.05, 4.69) is 26.5 Å². The van der Waals surface area contributed by atoms with Gasteiger partial charge in [-0.2, -0.15) is 5.10 Å². The van der Waals surface area contributed by atoms with E-state index in [1.165, 1.54) is 18.3 Å². The van der Waals surface area contributed by atoms with Gasteiger partial charge >= 0.3 is 6.03 Å². The Hall–Kier alpha value is -2.41. The second-order valence-electron chi connectivity index (χ2n) is 4.33. The molecule has 0 fully saturated rings. The van der Waals surface area contributed by atoms with Crippen LogP contribution in [0.5, 0.6) is 5.75 Å². The minimum absolute atomic E-state index is 0.245. The highest BCUT2D eigenvalue weighted by Gasteiger charge is 2.03. The number of nitrogens with zero attached hydrogens (tertiary/aromatic N) is 1. The van der Waals surface area contributed by atoms with Gasteiger partial charge in [-0.15, -0.1) is 0 Å². The van der Waals surface area contributed by atoms with Crippen LogP contribution in [-0.2, 0) is 6.61 Å². The Bertz CT molecular complexity index is 690. The van der Waals surface area contributed by atoms with E-state index in [0.29, 0.717) is 5.75 Å². The number of primary amides is 1. The fraction of sp³-hybridized carbons (Fsp3) is 0.0667. The van der Waals surface area contributed by atoms with Crippen LogP contribution in [0.15, 0.2) is 52.0 Å². The summed E-state index contributed by atoms with van der Waals surface area (Å²) in [6, 6.07) is 10.7. The lowest BCUT2D eigenvalue weighted by molar-refractivity contribution is 0.249. The summed E-state index contributed by atoms with van der Waals surface area (Å²) in [5.74, 6) is 0.325. The fourth-order valence-electron chi connectivity index (χ4n) is 1.64. The molecule has 22 heavy (non-hydrogen) atoms. The molecule has 2 aromatic carbocycles. The number of carbonyl (C=O) groups is 1. The number of amides is 2. The Labute approximate surface area is 135 Å². The van der Waals surface area contributed by atoms with Crippen molar-refractivity contribution in [2.75, 3.05) is 0 Å². The van der Waals surface area contributed by atoms with Crippen molar-refractivity contribution in [1.82, 2.24) is 5.43 Å². The zero-order chi connectivity index (χ0) is 15.9. The smallest absolute Gasteiger partial charge is 0.332 e. The number of benzene rings is 2. The van der Waals surface area contributed by atoms with Crippen molar-refractivity contribution in [3.63, 3.8) is 0 Å². The molecule has 0 aromatic heterocycles. The number of rotatable bonds is 5. The van der Waals surface area contributed by atoms with E-state index in [4.69, 9.17) is 10.5 Å². The maximum absolute atomic E-state index is 13.2. The van der Waals surface area contributed by atoms with Crippen molar-refractivity contribution < 1.29 is 13.9 Å². The first-order chi connectivity index (χ1) is 10.5. The molecule has 0 heterocycles. The van der Waals surface area contributed by atoms with Gasteiger partial charge in [0.1, 0.15) is 18.2 Å². The van der Waals surface area contributed by atoms with Crippen molar-refractivity contribution in [3.05, 3.63) is 63.9 Å². The molecular formula is C15H13BrFN3O2. The Morgan fingerprint density at radius 3 is 2.73 bits per heavy atom.